The Hall–Kier alpha value is -2.94. The van der Waals surface area contributed by atoms with Crippen LogP contribution in [0.15, 0.2) is 65.6 Å². The summed E-state index contributed by atoms with van der Waals surface area (Å²) in [5.41, 5.74) is 3.99. The molecule has 0 N–H and O–H groups in total. The van der Waals surface area contributed by atoms with Crippen LogP contribution in [-0.2, 0) is 14.8 Å². The SMILES string of the molecule is Cc1cc(C(=O)CN(C)c2ccccc2)c(C)n1-c1cccc(S(=O)(=O)N2CCOCC2)c1. The van der Waals surface area contributed by atoms with E-state index in [0.29, 0.717) is 31.9 Å². The summed E-state index contributed by atoms with van der Waals surface area (Å²) in [6.07, 6.45) is 0. The highest BCUT2D eigenvalue weighted by Gasteiger charge is 2.27. The molecule has 4 rings (SSSR count). The van der Waals surface area contributed by atoms with Crippen LogP contribution >= 0.6 is 0 Å². The summed E-state index contributed by atoms with van der Waals surface area (Å²) < 4.78 is 34.9. The number of sulfonamides is 1. The number of para-hydroxylation sites is 1. The van der Waals surface area contributed by atoms with Gasteiger partial charge in [0.1, 0.15) is 0 Å². The zero-order valence-electron chi connectivity index (χ0n) is 19.2. The molecule has 1 fully saturated rings. The molecule has 0 bridgehead atoms. The molecule has 0 atom stereocenters. The second-order valence-electron chi connectivity index (χ2n) is 8.25. The first-order valence-electron chi connectivity index (χ1n) is 11.0. The molecule has 0 amide bonds. The maximum atomic E-state index is 13.1. The van der Waals surface area contributed by atoms with E-state index in [2.05, 4.69) is 0 Å². The first-order chi connectivity index (χ1) is 15.8. The quantitative estimate of drug-likeness (QED) is 0.498. The Morgan fingerprint density at radius 1 is 1.00 bits per heavy atom. The fourth-order valence-electron chi connectivity index (χ4n) is 4.24. The first kappa shape index (κ1) is 23.2. The molecule has 7 nitrogen and oxygen atoms in total. The summed E-state index contributed by atoms with van der Waals surface area (Å²) >= 11 is 0. The topological polar surface area (TPSA) is 71.9 Å². The largest absolute Gasteiger partial charge is 0.379 e. The van der Waals surface area contributed by atoms with Crippen molar-refractivity contribution in [3.05, 3.63) is 77.6 Å². The summed E-state index contributed by atoms with van der Waals surface area (Å²) in [4.78, 5) is 15.3. The third-order valence-corrected chi connectivity index (χ3v) is 7.89. The van der Waals surface area contributed by atoms with Crippen LogP contribution in [0.3, 0.4) is 0 Å². The summed E-state index contributed by atoms with van der Waals surface area (Å²) in [5, 5.41) is 0. The lowest BCUT2D eigenvalue weighted by molar-refractivity contribution is 0.0730. The number of ether oxygens (including phenoxy) is 1. The minimum absolute atomic E-state index is 0.0118. The first-order valence-corrected chi connectivity index (χ1v) is 12.4. The molecule has 3 aromatic rings. The van der Waals surface area contributed by atoms with Gasteiger partial charge in [-0.15, -0.1) is 0 Å². The number of carbonyl (C=O) groups is 1. The molecule has 8 heteroatoms. The van der Waals surface area contributed by atoms with Crippen molar-refractivity contribution in [1.29, 1.82) is 0 Å². The van der Waals surface area contributed by atoms with Crippen molar-refractivity contribution in [3.8, 4) is 5.69 Å². The van der Waals surface area contributed by atoms with Gasteiger partial charge in [0, 0.05) is 48.5 Å². The van der Waals surface area contributed by atoms with Gasteiger partial charge < -0.3 is 14.2 Å². The van der Waals surface area contributed by atoms with Crippen molar-refractivity contribution >= 4 is 21.5 Å². The number of Topliss-reactive ketones (excluding diaryl/α,β-unsaturated/α-hetero) is 1. The lowest BCUT2D eigenvalue weighted by Gasteiger charge is -2.26. The minimum atomic E-state index is -3.61. The average molecular weight is 468 g/mol. The standard InChI is InChI=1S/C25H29N3O4S/c1-19-16-24(25(29)18-26(3)21-8-5-4-6-9-21)20(2)28(19)22-10-7-11-23(17-22)33(30,31)27-12-14-32-15-13-27/h4-11,16-17H,12-15,18H2,1-3H3. The van der Waals surface area contributed by atoms with Crippen LogP contribution in [0.4, 0.5) is 5.69 Å². The second-order valence-corrected chi connectivity index (χ2v) is 10.2. The van der Waals surface area contributed by atoms with E-state index in [9.17, 15) is 13.2 Å². The maximum Gasteiger partial charge on any atom is 0.243 e. The Kier molecular flexibility index (Phi) is 6.69. The number of hydrogen-bond donors (Lipinski definition) is 0. The molecule has 1 aliphatic rings. The highest BCUT2D eigenvalue weighted by Crippen LogP contribution is 2.25. The number of ketones is 1. The third kappa shape index (κ3) is 4.73. The summed E-state index contributed by atoms with van der Waals surface area (Å²) in [6, 6.07) is 18.5. The fraction of sp³-hybridized carbons (Fsp3) is 0.320. The van der Waals surface area contributed by atoms with Crippen LogP contribution in [0.2, 0.25) is 0 Å². The number of benzene rings is 2. The Morgan fingerprint density at radius 3 is 2.39 bits per heavy atom. The Balaban J connectivity index is 1.62. The number of aryl methyl sites for hydroxylation is 1. The molecule has 0 radical (unpaired) electrons. The smallest absolute Gasteiger partial charge is 0.243 e. The van der Waals surface area contributed by atoms with Crippen LogP contribution in [-0.4, -0.2) is 63.0 Å². The Bertz CT molecular complexity index is 1250. The van der Waals surface area contributed by atoms with Crippen LogP contribution < -0.4 is 4.90 Å². The number of rotatable bonds is 7. The Morgan fingerprint density at radius 2 is 1.70 bits per heavy atom. The predicted octanol–water partition coefficient (Wildman–Crippen LogP) is 3.43. The van der Waals surface area contributed by atoms with Crippen LogP contribution in [0.25, 0.3) is 5.69 Å². The van der Waals surface area contributed by atoms with Crippen molar-refractivity contribution in [1.82, 2.24) is 8.87 Å². The van der Waals surface area contributed by atoms with Gasteiger partial charge in [0.2, 0.25) is 10.0 Å². The van der Waals surface area contributed by atoms with E-state index in [0.717, 1.165) is 22.8 Å². The molecular weight excluding hydrogens is 438 g/mol. The van der Waals surface area contributed by atoms with Gasteiger partial charge in [-0.05, 0) is 50.2 Å². The molecule has 1 aliphatic heterocycles. The number of morpholine rings is 1. The Labute approximate surface area is 195 Å². The van der Waals surface area contributed by atoms with Gasteiger partial charge in [-0.2, -0.15) is 4.31 Å². The molecule has 0 unspecified atom stereocenters. The average Bonchev–Trinajstić information content (AvgIpc) is 3.14. The maximum absolute atomic E-state index is 13.1. The predicted molar refractivity (Wildman–Crippen MR) is 129 cm³/mol. The van der Waals surface area contributed by atoms with E-state index in [1.54, 1.807) is 18.2 Å². The normalized spacial score (nSPS) is 14.9. The number of likely N-dealkylation sites (N-methyl/N-ethyl adjacent to an activating group) is 1. The number of carbonyl (C=O) groups excluding carboxylic acids is 1. The van der Waals surface area contributed by atoms with Crippen molar-refractivity contribution in [2.24, 2.45) is 0 Å². The molecular formula is C25H29N3O4S. The van der Waals surface area contributed by atoms with Crippen LogP contribution in [0.1, 0.15) is 21.7 Å². The van der Waals surface area contributed by atoms with Crippen molar-refractivity contribution in [2.75, 3.05) is 44.8 Å². The van der Waals surface area contributed by atoms with E-state index >= 15 is 0 Å². The highest BCUT2D eigenvalue weighted by molar-refractivity contribution is 7.89. The monoisotopic (exact) mass is 467 g/mol. The number of anilines is 1. The molecule has 1 aromatic heterocycles. The molecule has 174 valence electrons. The van der Waals surface area contributed by atoms with Crippen molar-refractivity contribution in [3.63, 3.8) is 0 Å². The summed E-state index contributed by atoms with van der Waals surface area (Å²) in [7, 11) is -1.71. The van der Waals surface area contributed by atoms with E-state index in [4.69, 9.17) is 4.74 Å². The van der Waals surface area contributed by atoms with Crippen molar-refractivity contribution < 1.29 is 17.9 Å². The lowest BCUT2D eigenvalue weighted by atomic mass is 10.1. The molecule has 2 aromatic carbocycles. The van der Waals surface area contributed by atoms with Crippen LogP contribution in [0, 0.1) is 13.8 Å². The van der Waals surface area contributed by atoms with Gasteiger partial charge >= 0.3 is 0 Å². The summed E-state index contributed by atoms with van der Waals surface area (Å²) in [5.74, 6) is 0.0118. The van der Waals surface area contributed by atoms with E-state index in [1.165, 1.54) is 4.31 Å². The highest BCUT2D eigenvalue weighted by atomic mass is 32.2. The second kappa shape index (κ2) is 9.51. The van der Waals surface area contributed by atoms with Gasteiger partial charge in [-0.1, -0.05) is 24.3 Å². The minimum Gasteiger partial charge on any atom is -0.379 e. The van der Waals surface area contributed by atoms with Gasteiger partial charge in [0.05, 0.1) is 24.7 Å². The number of nitrogens with zero attached hydrogens (tertiary/aromatic N) is 3. The molecule has 0 aliphatic carbocycles. The number of aromatic nitrogens is 1. The van der Waals surface area contributed by atoms with Gasteiger partial charge in [0.25, 0.3) is 0 Å². The zero-order valence-corrected chi connectivity index (χ0v) is 20.0. The van der Waals surface area contributed by atoms with E-state index < -0.39 is 10.0 Å². The zero-order chi connectivity index (χ0) is 23.6. The van der Waals surface area contributed by atoms with Gasteiger partial charge in [0.15, 0.2) is 5.78 Å². The molecule has 2 heterocycles. The van der Waals surface area contributed by atoms with E-state index in [-0.39, 0.29) is 17.2 Å². The van der Waals surface area contributed by atoms with E-state index in [1.807, 2.05) is 72.8 Å². The summed E-state index contributed by atoms with van der Waals surface area (Å²) in [6.45, 7) is 5.57. The molecule has 0 spiro atoms. The van der Waals surface area contributed by atoms with Gasteiger partial charge in [-0.3, -0.25) is 4.79 Å². The molecule has 33 heavy (non-hydrogen) atoms. The molecule has 0 saturated carbocycles. The van der Waals surface area contributed by atoms with Crippen molar-refractivity contribution in [2.45, 2.75) is 18.7 Å². The fourth-order valence-corrected chi connectivity index (χ4v) is 5.68. The van der Waals surface area contributed by atoms with Crippen LogP contribution in [0.5, 0.6) is 0 Å². The number of hydrogen-bond acceptors (Lipinski definition) is 5. The third-order valence-electron chi connectivity index (χ3n) is 5.99. The van der Waals surface area contributed by atoms with Gasteiger partial charge in [-0.25, -0.2) is 8.42 Å². The lowest BCUT2D eigenvalue weighted by Crippen LogP contribution is -2.40. The molecule has 1 saturated heterocycles.